The van der Waals surface area contributed by atoms with Crippen molar-refractivity contribution < 1.29 is 70.0 Å². The number of azo groups is 2. The molecule has 0 aliphatic carbocycles. The van der Waals surface area contributed by atoms with E-state index < -0.39 is 120 Å². The Labute approximate surface area is 465 Å². The topological polar surface area (TPSA) is 444 Å². The summed E-state index contributed by atoms with van der Waals surface area (Å²) in [6, 6.07) is 5.02. The molecule has 1 aromatic heterocycles. The Morgan fingerprint density at radius 3 is 1.47 bits per heavy atom. The molecular formula is C25H19ClN10Na5O16S5. The van der Waals surface area contributed by atoms with Gasteiger partial charge in [0.25, 0.3) is 50.6 Å². The molecule has 37 heteroatoms. The monoisotopic (exact) mass is 1020 g/mol. The Morgan fingerprint density at radius 2 is 1.00 bits per heavy atom. The molecule has 0 amide bonds. The number of phenols is 1. The van der Waals surface area contributed by atoms with Crippen molar-refractivity contribution in [2.45, 2.75) is 24.5 Å². The molecule has 5 radical (unpaired) electrons. The molecule has 5 aromatic rings. The fourth-order valence-corrected chi connectivity index (χ4v) is 7.91. The third kappa shape index (κ3) is 14.7. The van der Waals surface area contributed by atoms with Crippen molar-refractivity contribution in [2.75, 3.05) is 16.8 Å². The molecule has 0 aliphatic rings. The van der Waals surface area contributed by atoms with Gasteiger partial charge >= 0.3 is 0 Å². The fraction of sp³-hybridized carbons (Fsp3) is 0. The summed E-state index contributed by atoms with van der Waals surface area (Å²) < 4.78 is 170. The second-order valence-corrected chi connectivity index (χ2v) is 18.1. The van der Waals surface area contributed by atoms with Crippen LogP contribution in [-0.4, -0.2) is 233 Å². The zero-order valence-electron chi connectivity index (χ0n) is 32.1. The number of hydrogen-bond acceptors (Lipinski definition) is 21. The number of nitrogens with two attached hydrogens (primary N) is 2. The number of phenolic OH excluding ortho intramolecular Hbond substituents is 1. The number of fused-ring (bicyclic) bond motifs is 1. The van der Waals surface area contributed by atoms with Crippen LogP contribution >= 0.6 is 11.6 Å². The molecule has 11 N–H and O–H groups in total. The predicted molar refractivity (Wildman–Crippen MR) is 222 cm³/mol. The standard InChI is InChI=1S/C25H19ClN10O16S5.5Na/c26-23-30-24(28)32-25(31-23)29-10-1-3-14(54(41,42)43)12(7-10)33-36-21-17(57(50,51)52)6-9-5-16(56(47,48)49)20(19(27)18(9)22(21)37)35-34-13-8-11(53(38,39)40)2-4-15(13)55(44,45)46;;;;;/h1-8,37H,27H2,(H,38,39,40)(H,41,42,43)(H,44,45,46)(H,47,48,49)(H,50,51,52)(H3,28,29,30,31,32);;;;;. The summed E-state index contributed by atoms with van der Waals surface area (Å²) >= 11 is 5.76. The molecule has 0 fully saturated rings. The smallest absolute Gasteiger partial charge is 0.296 e. The van der Waals surface area contributed by atoms with Gasteiger partial charge in [0.15, 0.2) is 5.75 Å². The third-order valence-electron chi connectivity index (χ3n) is 7.01. The molecule has 0 saturated heterocycles. The van der Waals surface area contributed by atoms with E-state index >= 15 is 0 Å². The number of halogens is 1. The minimum Gasteiger partial charge on any atom is -0.505 e. The number of hydrogen-bond donors (Lipinski definition) is 9. The van der Waals surface area contributed by atoms with Crippen LogP contribution in [-0.2, 0) is 50.6 Å². The summed E-state index contributed by atoms with van der Waals surface area (Å²) in [4.78, 5) is 5.34. The van der Waals surface area contributed by atoms with Crippen molar-refractivity contribution in [3.63, 3.8) is 0 Å². The van der Waals surface area contributed by atoms with E-state index in [0.717, 1.165) is 18.2 Å². The van der Waals surface area contributed by atoms with Gasteiger partial charge in [-0.1, -0.05) is 0 Å². The average molecular weight is 1030 g/mol. The van der Waals surface area contributed by atoms with Crippen molar-refractivity contribution in [3.05, 3.63) is 53.8 Å². The van der Waals surface area contributed by atoms with E-state index in [1.807, 2.05) is 0 Å². The minimum atomic E-state index is -5.49. The first-order valence-electron chi connectivity index (χ1n) is 14.1. The number of aromatic nitrogens is 3. The first-order valence-corrected chi connectivity index (χ1v) is 21.7. The van der Waals surface area contributed by atoms with Crippen LogP contribution in [0.1, 0.15) is 0 Å². The Hall–Kier alpha value is -0.610. The Morgan fingerprint density at radius 1 is 0.548 bits per heavy atom. The van der Waals surface area contributed by atoms with Gasteiger partial charge in [0, 0.05) is 153 Å². The van der Waals surface area contributed by atoms with Crippen LogP contribution in [0.4, 0.5) is 46.0 Å². The fourth-order valence-electron chi connectivity index (χ4n) is 4.71. The van der Waals surface area contributed by atoms with E-state index in [4.69, 9.17) is 23.1 Å². The maximum atomic E-state index is 12.5. The van der Waals surface area contributed by atoms with Crippen molar-refractivity contribution in [1.82, 2.24) is 15.0 Å². The molecule has 0 spiro atoms. The number of rotatable bonds is 11. The first kappa shape index (κ1) is 61.4. The van der Waals surface area contributed by atoms with E-state index in [0.29, 0.717) is 30.3 Å². The van der Waals surface area contributed by atoms with Gasteiger partial charge in [-0.25, -0.2) is 0 Å². The maximum Gasteiger partial charge on any atom is 0.296 e. The van der Waals surface area contributed by atoms with Gasteiger partial charge in [-0.2, -0.15) is 57.0 Å². The summed E-state index contributed by atoms with van der Waals surface area (Å²) in [6.45, 7) is 0. The van der Waals surface area contributed by atoms with Crippen LogP contribution in [0, 0.1) is 0 Å². The summed E-state index contributed by atoms with van der Waals surface area (Å²) in [5.41, 5.74) is 6.33. The minimum absolute atomic E-state index is 0. The second kappa shape index (κ2) is 22.9. The molecule has 1 heterocycles. The van der Waals surface area contributed by atoms with Crippen LogP contribution in [0.2, 0.25) is 5.28 Å². The summed E-state index contributed by atoms with van der Waals surface area (Å²) in [5.74, 6) is -1.97. The normalized spacial score (nSPS) is 12.1. The largest absolute Gasteiger partial charge is 0.505 e. The second-order valence-electron chi connectivity index (χ2n) is 10.8. The Kier molecular flexibility index (Phi) is 22.7. The van der Waals surface area contributed by atoms with E-state index in [2.05, 4.69) is 40.7 Å². The number of benzene rings is 4. The van der Waals surface area contributed by atoms with Crippen LogP contribution in [0.15, 0.2) is 93.5 Å². The van der Waals surface area contributed by atoms with Crippen molar-refractivity contribution in [1.29, 1.82) is 0 Å². The molecule has 0 aliphatic heterocycles. The van der Waals surface area contributed by atoms with Gasteiger partial charge in [-0.05, 0) is 65.5 Å². The van der Waals surface area contributed by atoms with Crippen LogP contribution in [0.5, 0.6) is 5.75 Å². The molecule has 307 valence electrons. The molecule has 0 atom stereocenters. The zero-order valence-corrected chi connectivity index (χ0v) is 46.9. The van der Waals surface area contributed by atoms with E-state index in [-0.39, 0.29) is 171 Å². The van der Waals surface area contributed by atoms with Gasteiger partial charge in [-0.3, -0.25) is 22.8 Å². The Bertz CT molecular complexity index is 3190. The molecule has 62 heavy (non-hydrogen) atoms. The van der Waals surface area contributed by atoms with Gasteiger partial charge in [0.1, 0.15) is 42.3 Å². The van der Waals surface area contributed by atoms with Gasteiger partial charge in [0.2, 0.25) is 17.2 Å². The van der Waals surface area contributed by atoms with E-state index in [1.54, 1.807) is 0 Å². The predicted octanol–water partition coefficient (Wildman–Crippen LogP) is 1.45. The van der Waals surface area contributed by atoms with Crippen molar-refractivity contribution in [3.8, 4) is 5.75 Å². The number of nitrogens with one attached hydrogen (secondary N) is 1. The van der Waals surface area contributed by atoms with Gasteiger partial charge < -0.3 is 21.9 Å². The molecule has 0 saturated carbocycles. The molecular weight excluding hydrogens is 1010 g/mol. The molecule has 26 nitrogen and oxygen atoms in total. The van der Waals surface area contributed by atoms with Crippen molar-refractivity contribution in [2.24, 2.45) is 20.5 Å². The summed E-state index contributed by atoms with van der Waals surface area (Å²) in [7, 11) is -26.4. The van der Waals surface area contributed by atoms with Crippen LogP contribution < -0.4 is 16.8 Å². The quantitative estimate of drug-likeness (QED) is 0.0391. The SMILES string of the molecule is Nc1nc(Cl)nc(Nc2ccc(S(=O)(=O)O)c(N=Nc3c(S(=O)(=O)O)cc4cc(S(=O)(=O)O)c(N=Nc5cc(S(=O)(=O)O)ccc5S(=O)(=O)O)c(N)c4c3O)c2)n1.[Na].[Na].[Na].[Na].[Na]. The molecule has 5 rings (SSSR count). The number of anilines is 4. The van der Waals surface area contributed by atoms with Gasteiger partial charge in [0.05, 0.1) is 16.0 Å². The van der Waals surface area contributed by atoms with Crippen molar-refractivity contribution >= 4 is 267 Å². The zero-order chi connectivity index (χ0) is 42.6. The number of aromatic hydroxyl groups is 1. The van der Waals surface area contributed by atoms with Crippen LogP contribution in [0.25, 0.3) is 10.8 Å². The number of nitrogen functional groups attached to an aromatic ring is 2. The Balaban J connectivity index is 0.00000744. The average Bonchev–Trinajstić information content (AvgIpc) is 3.04. The first-order chi connectivity index (χ1) is 26.1. The maximum absolute atomic E-state index is 12.5. The molecule has 0 unspecified atom stereocenters. The number of nitrogens with zero attached hydrogens (tertiary/aromatic N) is 7. The van der Waals surface area contributed by atoms with E-state index in [9.17, 15) is 70.0 Å². The molecule has 4 aromatic carbocycles. The summed E-state index contributed by atoms with van der Waals surface area (Å²) in [6.07, 6.45) is 0. The summed E-state index contributed by atoms with van der Waals surface area (Å²) in [5, 5.41) is 26.1. The van der Waals surface area contributed by atoms with Gasteiger partial charge in [-0.15, -0.1) is 20.5 Å². The van der Waals surface area contributed by atoms with Crippen LogP contribution in [0.3, 0.4) is 0 Å². The third-order valence-corrected chi connectivity index (χ3v) is 11.6. The molecule has 0 bridgehead atoms. The van der Waals surface area contributed by atoms with E-state index in [1.165, 1.54) is 0 Å².